The first-order valence-electron chi connectivity index (χ1n) is 8.72. The summed E-state index contributed by atoms with van der Waals surface area (Å²) in [6, 6.07) is 7.07. The van der Waals surface area contributed by atoms with Crippen LogP contribution in [0.1, 0.15) is 53.9 Å². The van der Waals surface area contributed by atoms with Gasteiger partial charge in [-0.05, 0) is 45.4 Å². The third-order valence-electron chi connectivity index (χ3n) is 3.99. The second-order valence-corrected chi connectivity index (χ2v) is 5.85. The summed E-state index contributed by atoms with van der Waals surface area (Å²) in [6.45, 7) is 8.55. The van der Waals surface area contributed by atoms with Crippen molar-refractivity contribution in [2.24, 2.45) is 0 Å². The van der Waals surface area contributed by atoms with Gasteiger partial charge in [-0.1, -0.05) is 13.3 Å². The van der Waals surface area contributed by atoms with Crippen LogP contribution < -0.4 is 14.8 Å². The molecule has 0 radical (unpaired) electrons. The van der Waals surface area contributed by atoms with Gasteiger partial charge in [0.25, 0.3) is 5.91 Å². The minimum Gasteiger partial charge on any atom is -0.490 e. The molecular weight excluding hydrogens is 332 g/mol. The van der Waals surface area contributed by atoms with Gasteiger partial charge < -0.3 is 13.9 Å². The molecule has 0 saturated heterocycles. The molecule has 138 valence electrons. The zero-order chi connectivity index (χ0) is 19.1. The van der Waals surface area contributed by atoms with Crippen LogP contribution >= 0.6 is 0 Å². The van der Waals surface area contributed by atoms with Crippen LogP contribution in [0.3, 0.4) is 0 Å². The van der Waals surface area contributed by atoms with E-state index in [0.29, 0.717) is 41.6 Å². The molecule has 0 spiro atoms. The summed E-state index contributed by atoms with van der Waals surface area (Å²) in [6.07, 6.45) is 1.98. The van der Waals surface area contributed by atoms with E-state index in [-0.39, 0.29) is 11.8 Å². The summed E-state index contributed by atoms with van der Waals surface area (Å²) in [7, 11) is 0. The second-order valence-electron chi connectivity index (χ2n) is 5.85. The van der Waals surface area contributed by atoms with Crippen LogP contribution in [-0.2, 0) is 0 Å². The predicted molar refractivity (Wildman–Crippen MR) is 98.9 cm³/mol. The first-order valence-corrected chi connectivity index (χ1v) is 8.72. The number of rotatable bonds is 8. The molecule has 1 heterocycles. The van der Waals surface area contributed by atoms with Gasteiger partial charge in [-0.2, -0.15) is 5.26 Å². The average Bonchev–Trinajstić information content (AvgIpc) is 2.89. The monoisotopic (exact) mass is 356 g/mol. The van der Waals surface area contributed by atoms with Crippen LogP contribution in [0, 0.1) is 25.2 Å². The van der Waals surface area contributed by atoms with E-state index < -0.39 is 0 Å². The number of carbonyl (C=O) groups excluding carboxylic acids is 1. The Morgan fingerprint density at radius 1 is 1.23 bits per heavy atom. The van der Waals surface area contributed by atoms with Crippen LogP contribution in [-0.4, -0.2) is 19.1 Å². The predicted octanol–water partition coefficient (Wildman–Crippen LogP) is 4.60. The maximum Gasteiger partial charge on any atom is 0.258 e. The lowest BCUT2D eigenvalue weighted by Gasteiger charge is -2.13. The van der Waals surface area contributed by atoms with Gasteiger partial charge in [-0.15, -0.1) is 0 Å². The fourth-order valence-electron chi connectivity index (χ4n) is 2.39. The zero-order valence-electron chi connectivity index (χ0n) is 15.6. The Morgan fingerprint density at radius 3 is 2.65 bits per heavy atom. The van der Waals surface area contributed by atoms with Crippen LogP contribution in [0.25, 0.3) is 0 Å². The number of benzene rings is 1. The van der Waals surface area contributed by atoms with E-state index >= 15 is 0 Å². The molecule has 0 aliphatic carbocycles. The van der Waals surface area contributed by atoms with Crippen molar-refractivity contribution in [1.82, 2.24) is 0 Å². The van der Waals surface area contributed by atoms with E-state index in [2.05, 4.69) is 18.3 Å². The van der Waals surface area contributed by atoms with Crippen molar-refractivity contribution in [1.29, 1.82) is 5.26 Å². The number of nitriles is 1. The minimum atomic E-state index is -0.378. The van der Waals surface area contributed by atoms with Gasteiger partial charge in [0, 0.05) is 11.1 Å². The first-order chi connectivity index (χ1) is 12.5. The van der Waals surface area contributed by atoms with Gasteiger partial charge in [-0.25, -0.2) is 0 Å². The normalized spacial score (nSPS) is 10.3. The lowest BCUT2D eigenvalue weighted by atomic mass is 10.1. The van der Waals surface area contributed by atoms with Crippen LogP contribution in [0.5, 0.6) is 11.5 Å². The number of nitrogens with one attached hydrogen (secondary N) is 1. The van der Waals surface area contributed by atoms with E-state index in [0.717, 1.165) is 18.4 Å². The SMILES string of the molecule is CCCCOc1ccc(C(=O)Nc2oc(C)c(C)c2C#N)cc1OCC. The van der Waals surface area contributed by atoms with E-state index in [4.69, 9.17) is 13.9 Å². The Balaban J connectivity index is 2.22. The largest absolute Gasteiger partial charge is 0.490 e. The third kappa shape index (κ3) is 4.37. The molecule has 1 N–H and O–H groups in total. The number of hydrogen-bond acceptors (Lipinski definition) is 5. The molecular formula is C20H24N2O4. The molecule has 1 aromatic carbocycles. The third-order valence-corrected chi connectivity index (χ3v) is 3.99. The molecule has 0 unspecified atom stereocenters. The number of furan rings is 1. The molecule has 0 saturated carbocycles. The number of hydrogen-bond donors (Lipinski definition) is 1. The van der Waals surface area contributed by atoms with Crippen LogP contribution in [0.15, 0.2) is 22.6 Å². The molecule has 1 aromatic heterocycles. The maximum absolute atomic E-state index is 12.6. The highest BCUT2D eigenvalue weighted by Crippen LogP contribution is 2.30. The Bertz CT molecular complexity index is 818. The number of carbonyl (C=O) groups is 1. The van der Waals surface area contributed by atoms with Gasteiger partial charge in [0.05, 0.1) is 13.2 Å². The average molecular weight is 356 g/mol. The molecule has 2 rings (SSSR count). The standard InChI is InChI=1S/C20H24N2O4/c1-5-7-10-25-17-9-8-15(11-18(17)24-6-2)19(23)22-20-16(12-21)13(3)14(4)26-20/h8-9,11H,5-7,10H2,1-4H3,(H,22,23). The summed E-state index contributed by atoms with van der Waals surface area (Å²) in [4.78, 5) is 12.6. The number of aryl methyl sites for hydroxylation is 1. The number of ether oxygens (including phenoxy) is 2. The molecule has 26 heavy (non-hydrogen) atoms. The van der Waals surface area contributed by atoms with Gasteiger partial charge in [-0.3, -0.25) is 10.1 Å². The van der Waals surface area contributed by atoms with Crippen molar-refractivity contribution in [3.8, 4) is 17.6 Å². The highest BCUT2D eigenvalue weighted by Gasteiger charge is 2.18. The van der Waals surface area contributed by atoms with Crippen molar-refractivity contribution >= 4 is 11.8 Å². The summed E-state index contributed by atoms with van der Waals surface area (Å²) in [5.74, 6) is 1.51. The Kier molecular flexibility index (Phi) is 6.67. The molecule has 0 aliphatic heterocycles. The number of nitrogens with zero attached hydrogens (tertiary/aromatic N) is 1. The minimum absolute atomic E-state index is 0.161. The molecule has 0 fully saturated rings. The number of anilines is 1. The summed E-state index contributed by atoms with van der Waals surface area (Å²) < 4.78 is 16.8. The van der Waals surface area contributed by atoms with Crippen molar-refractivity contribution in [2.75, 3.05) is 18.5 Å². The molecule has 2 aromatic rings. The Hall–Kier alpha value is -2.94. The Labute approximate surface area is 153 Å². The quantitative estimate of drug-likeness (QED) is 0.699. The molecule has 0 atom stereocenters. The highest BCUT2D eigenvalue weighted by atomic mass is 16.5. The first kappa shape index (κ1) is 19.4. The van der Waals surface area contributed by atoms with Crippen molar-refractivity contribution in [3.63, 3.8) is 0 Å². The van der Waals surface area contributed by atoms with Crippen molar-refractivity contribution < 1.29 is 18.7 Å². The maximum atomic E-state index is 12.6. The van der Waals surface area contributed by atoms with Crippen molar-refractivity contribution in [2.45, 2.75) is 40.5 Å². The zero-order valence-corrected chi connectivity index (χ0v) is 15.6. The van der Waals surface area contributed by atoms with Gasteiger partial charge in [0.2, 0.25) is 5.88 Å². The number of unbranched alkanes of at least 4 members (excludes halogenated alkanes) is 1. The van der Waals surface area contributed by atoms with E-state index in [1.54, 1.807) is 32.0 Å². The van der Waals surface area contributed by atoms with Gasteiger partial charge >= 0.3 is 0 Å². The van der Waals surface area contributed by atoms with E-state index in [9.17, 15) is 10.1 Å². The van der Waals surface area contributed by atoms with E-state index in [1.165, 1.54) is 0 Å². The topological polar surface area (TPSA) is 84.5 Å². The van der Waals surface area contributed by atoms with Gasteiger partial charge in [0.15, 0.2) is 11.5 Å². The van der Waals surface area contributed by atoms with Gasteiger partial charge in [0.1, 0.15) is 17.4 Å². The summed E-state index contributed by atoms with van der Waals surface area (Å²) in [5, 5.41) is 11.9. The summed E-state index contributed by atoms with van der Waals surface area (Å²) >= 11 is 0. The van der Waals surface area contributed by atoms with Crippen molar-refractivity contribution in [3.05, 3.63) is 40.6 Å². The molecule has 1 amide bonds. The number of amides is 1. The fourth-order valence-corrected chi connectivity index (χ4v) is 2.39. The lowest BCUT2D eigenvalue weighted by molar-refractivity contribution is 0.102. The Morgan fingerprint density at radius 2 is 2.00 bits per heavy atom. The van der Waals surface area contributed by atoms with E-state index in [1.807, 2.05) is 6.92 Å². The molecule has 6 heteroatoms. The molecule has 0 aliphatic rings. The lowest BCUT2D eigenvalue weighted by Crippen LogP contribution is -2.13. The smallest absolute Gasteiger partial charge is 0.258 e. The van der Waals surface area contributed by atoms with Crippen LogP contribution in [0.4, 0.5) is 5.88 Å². The molecule has 0 bridgehead atoms. The van der Waals surface area contributed by atoms with Crippen LogP contribution in [0.2, 0.25) is 0 Å². The molecule has 6 nitrogen and oxygen atoms in total. The summed E-state index contributed by atoms with van der Waals surface area (Å²) in [5.41, 5.74) is 1.45. The fraction of sp³-hybridized carbons (Fsp3) is 0.400. The highest BCUT2D eigenvalue weighted by molar-refractivity contribution is 6.04. The second kappa shape index (κ2) is 8.95.